The van der Waals surface area contributed by atoms with Crippen molar-refractivity contribution < 1.29 is 9.53 Å². The van der Waals surface area contributed by atoms with Crippen molar-refractivity contribution in [2.24, 2.45) is 0 Å². The lowest BCUT2D eigenvalue weighted by atomic mass is 10.2. The standard InChI is InChI=1S/C14H24N4O2/c1-14(2,3)20-13(19)17-8-6-12(10-17)18-11(9-15-4)5-7-16-18/h5,7,12,15H,6,8-10H2,1-4H3. The van der Waals surface area contributed by atoms with Crippen LogP contribution in [0, 0.1) is 0 Å². The highest BCUT2D eigenvalue weighted by molar-refractivity contribution is 5.68. The number of hydrogen-bond donors (Lipinski definition) is 1. The minimum atomic E-state index is -0.446. The Bertz CT molecular complexity index is 464. The predicted molar refractivity (Wildman–Crippen MR) is 76.5 cm³/mol. The molecule has 1 atom stereocenters. The molecule has 6 heteroatoms. The van der Waals surface area contributed by atoms with E-state index >= 15 is 0 Å². The normalized spacial score (nSPS) is 19.4. The zero-order chi connectivity index (χ0) is 14.8. The van der Waals surface area contributed by atoms with Crippen LogP contribution in [-0.2, 0) is 11.3 Å². The van der Waals surface area contributed by atoms with Gasteiger partial charge < -0.3 is 15.0 Å². The maximum absolute atomic E-state index is 12.0. The van der Waals surface area contributed by atoms with Crippen molar-refractivity contribution in [2.45, 2.75) is 45.4 Å². The summed E-state index contributed by atoms with van der Waals surface area (Å²) in [7, 11) is 1.92. The number of amides is 1. The predicted octanol–water partition coefficient (Wildman–Crippen LogP) is 1.78. The van der Waals surface area contributed by atoms with E-state index in [1.54, 1.807) is 4.90 Å². The van der Waals surface area contributed by atoms with E-state index in [-0.39, 0.29) is 12.1 Å². The summed E-state index contributed by atoms with van der Waals surface area (Å²) in [5.41, 5.74) is 0.696. The topological polar surface area (TPSA) is 59.4 Å². The molecule has 2 rings (SSSR count). The molecule has 1 amide bonds. The molecule has 112 valence electrons. The number of aromatic nitrogens is 2. The minimum absolute atomic E-state index is 0.234. The molecular formula is C14H24N4O2. The Morgan fingerprint density at radius 3 is 2.95 bits per heavy atom. The van der Waals surface area contributed by atoms with E-state index in [4.69, 9.17) is 4.74 Å². The molecular weight excluding hydrogens is 256 g/mol. The number of likely N-dealkylation sites (tertiary alicyclic amines) is 1. The van der Waals surface area contributed by atoms with Crippen LogP contribution >= 0.6 is 0 Å². The second kappa shape index (κ2) is 5.83. The molecule has 1 aromatic rings. The van der Waals surface area contributed by atoms with Crippen LogP contribution in [0.4, 0.5) is 4.79 Å². The Morgan fingerprint density at radius 1 is 1.55 bits per heavy atom. The third kappa shape index (κ3) is 3.50. The average molecular weight is 280 g/mol. The molecule has 0 aliphatic carbocycles. The lowest BCUT2D eigenvalue weighted by Gasteiger charge is -2.24. The Kier molecular flexibility index (Phi) is 4.32. The summed E-state index contributed by atoms with van der Waals surface area (Å²) in [4.78, 5) is 13.8. The van der Waals surface area contributed by atoms with Gasteiger partial charge >= 0.3 is 6.09 Å². The summed E-state index contributed by atoms with van der Waals surface area (Å²) in [5.74, 6) is 0. The van der Waals surface area contributed by atoms with Crippen LogP contribution in [0.2, 0.25) is 0 Å². The van der Waals surface area contributed by atoms with Gasteiger partial charge in [0.15, 0.2) is 0 Å². The Hall–Kier alpha value is -1.56. The molecule has 1 N–H and O–H groups in total. The van der Waals surface area contributed by atoms with Crippen LogP contribution in [0.1, 0.15) is 38.9 Å². The van der Waals surface area contributed by atoms with Gasteiger partial charge in [-0.2, -0.15) is 5.10 Å². The lowest BCUT2D eigenvalue weighted by molar-refractivity contribution is 0.0288. The fourth-order valence-corrected chi connectivity index (χ4v) is 2.43. The van der Waals surface area contributed by atoms with Gasteiger partial charge in [-0.3, -0.25) is 4.68 Å². The summed E-state index contributed by atoms with van der Waals surface area (Å²) in [6, 6.07) is 2.24. The molecule has 0 saturated carbocycles. The highest BCUT2D eigenvalue weighted by Gasteiger charge is 2.31. The van der Waals surface area contributed by atoms with E-state index in [1.165, 1.54) is 0 Å². The molecule has 1 fully saturated rings. The Labute approximate surface area is 120 Å². The van der Waals surface area contributed by atoms with Crippen LogP contribution in [0.5, 0.6) is 0 Å². The van der Waals surface area contributed by atoms with Crippen LogP contribution in [-0.4, -0.2) is 46.5 Å². The Morgan fingerprint density at radius 2 is 2.30 bits per heavy atom. The quantitative estimate of drug-likeness (QED) is 0.917. The molecule has 0 radical (unpaired) electrons. The minimum Gasteiger partial charge on any atom is -0.444 e. The summed E-state index contributed by atoms with van der Waals surface area (Å²) in [6.45, 7) is 7.82. The molecule has 1 aromatic heterocycles. The van der Waals surface area contributed by atoms with E-state index in [0.717, 1.165) is 25.2 Å². The molecule has 1 aliphatic heterocycles. The number of nitrogens with zero attached hydrogens (tertiary/aromatic N) is 3. The van der Waals surface area contributed by atoms with Gasteiger partial charge in [-0.25, -0.2) is 4.79 Å². The molecule has 1 saturated heterocycles. The zero-order valence-corrected chi connectivity index (χ0v) is 12.7. The fourth-order valence-electron chi connectivity index (χ4n) is 2.43. The first-order valence-electron chi connectivity index (χ1n) is 7.05. The highest BCUT2D eigenvalue weighted by Crippen LogP contribution is 2.24. The number of hydrogen-bond acceptors (Lipinski definition) is 4. The third-order valence-electron chi connectivity index (χ3n) is 3.27. The van der Waals surface area contributed by atoms with E-state index in [2.05, 4.69) is 10.4 Å². The molecule has 0 aromatic carbocycles. The molecule has 20 heavy (non-hydrogen) atoms. The van der Waals surface area contributed by atoms with Crippen molar-refractivity contribution in [3.63, 3.8) is 0 Å². The maximum atomic E-state index is 12.0. The van der Waals surface area contributed by atoms with Gasteiger partial charge in [0.1, 0.15) is 5.60 Å². The summed E-state index contributed by atoms with van der Waals surface area (Å²) in [6.07, 6.45) is 2.49. The summed E-state index contributed by atoms with van der Waals surface area (Å²) in [5, 5.41) is 7.52. The number of nitrogens with one attached hydrogen (secondary N) is 1. The van der Waals surface area contributed by atoms with Gasteiger partial charge in [0.25, 0.3) is 0 Å². The van der Waals surface area contributed by atoms with Gasteiger partial charge in [0, 0.05) is 25.8 Å². The van der Waals surface area contributed by atoms with Crippen LogP contribution in [0.25, 0.3) is 0 Å². The smallest absolute Gasteiger partial charge is 0.410 e. The largest absolute Gasteiger partial charge is 0.444 e. The second-order valence-electron chi connectivity index (χ2n) is 6.17. The van der Waals surface area contributed by atoms with E-state index in [9.17, 15) is 4.79 Å². The first-order valence-corrected chi connectivity index (χ1v) is 7.05. The van der Waals surface area contributed by atoms with Crippen LogP contribution in [0.3, 0.4) is 0 Å². The van der Waals surface area contributed by atoms with Gasteiger partial charge in [-0.05, 0) is 40.3 Å². The molecule has 0 bridgehead atoms. The highest BCUT2D eigenvalue weighted by atomic mass is 16.6. The molecule has 1 unspecified atom stereocenters. The summed E-state index contributed by atoms with van der Waals surface area (Å²) < 4.78 is 7.42. The first-order chi connectivity index (χ1) is 9.40. The lowest BCUT2D eigenvalue weighted by Crippen LogP contribution is -2.35. The second-order valence-corrected chi connectivity index (χ2v) is 6.17. The summed E-state index contributed by atoms with van der Waals surface area (Å²) >= 11 is 0. The van der Waals surface area contributed by atoms with Gasteiger partial charge in [0.05, 0.1) is 11.7 Å². The number of rotatable bonds is 3. The van der Waals surface area contributed by atoms with Gasteiger partial charge in [0.2, 0.25) is 0 Å². The Balaban J connectivity index is 1.98. The van der Waals surface area contributed by atoms with Crippen molar-refractivity contribution >= 4 is 6.09 Å². The number of ether oxygens (including phenoxy) is 1. The van der Waals surface area contributed by atoms with Crippen molar-refractivity contribution in [3.05, 3.63) is 18.0 Å². The maximum Gasteiger partial charge on any atom is 0.410 e. The van der Waals surface area contributed by atoms with Crippen molar-refractivity contribution in [3.8, 4) is 0 Å². The van der Waals surface area contributed by atoms with Crippen LogP contribution < -0.4 is 5.32 Å². The average Bonchev–Trinajstić information content (AvgIpc) is 2.94. The molecule has 2 heterocycles. The van der Waals surface area contributed by atoms with E-state index in [1.807, 2.05) is 44.8 Å². The number of carbonyl (C=O) groups excluding carboxylic acids is 1. The molecule has 6 nitrogen and oxygen atoms in total. The van der Waals surface area contributed by atoms with Gasteiger partial charge in [-0.15, -0.1) is 0 Å². The zero-order valence-electron chi connectivity index (χ0n) is 12.7. The SMILES string of the molecule is CNCc1ccnn1C1CCN(C(=O)OC(C)(C)C)C1. The molecule has 1 aliphatic rings. The first kappa shape index (κ1) is 14.8. The molecule has 0 spiro atoms. The van der Waals surface area contributed by atoms with Crippen molar-refractivity contribution in [2.75, 3.05) is 20.1 Å². The van der Waals surface area contributed by atoms with Gasteiger partial charge in [-0.1, -0.05) is 0 Å². The third-order valence-corrected chi connectivity index (χ3v) is 3.27. The van der Waals surface area contributed by atoms with E-state index < -0.39 is 5.60 Å². The fraction of sp³-hybridized carbons (Fsp3) is 0.714. The van der Waals surface area contributed by atoms with Crippen molar-refractivity contribution in [1.82, 2.24) is 20.0 Å². The van der Waals surface area contributed by atoms with Crippen molar-refractivity contribution in [1.29, 1.82) is 0 Å². The van der Waals surface area contributed by atoms with E-state index in [0.29, 0.717) is 6.54 Å². The monoisotopic (exact) mass is 280 g/mol. The van der Waals surface area contributed by atoms with Crippen LogP contribution in [0.15, 0.2) is 12.3 Å². The number of carbonyl (C=O) groups is 1.